The Morgan fingerprint density at radius 3 is 1.00 bits per heavy atom. The summed E-state index contributed by atoms with van der Waals surface area (Å²) in [5.74, 6) is 0. The second kappa shape index (κ2) is 16.7. The van der Waals surface area contributed by atoms with E-state index in [4.69, 9.17) is 51.1 Å². The van der Waals surface area contributed by atoms with Gasteiger partial charge in [0.2, 0.25) is 0 Å². The van der Waals surface area contributed by atoms with Gasteiger partial charge in [-0.2, -0.15) is 10.5 Å². The standard InChI is InChI=1S/2C5H9NO2.2CH2O3/c2*1-3-5(2,4-6)8-7;2*2-1(3)4/h2*7H,3H2,1-2H3;2*(H2,2,3,4). The molecule has 0 fully saturated rings. The fraction of sp³-hybridized carbons (Fsp3) is 0.667. The molecule has 0 saturated carbocycles. The maximum Gasteiger partial charge on any atom is 0.503 e. The number of hydrogen-bond acceptors (Lipinski definition) is 8. The molecule has 0 aliphatic carbocycles. The molecule has 0 radical (unpaired) electrons. The summed E-state index contributed by atoms with van der Waals surface area (Å²) in [5.41, 5.74) is -2.03. The van der Waals surface area contributed by atoms with E-state index in [1.807, 2.05) is 0 Å². The van der Waals surface area contributed by atoms with Crippen molar-refractivity contribution in [1.29, 1.82) is 10.5 Å². The Morgan fingerprint density at radius 1 is 0.833 bits per heavy atom. The van der Waals surface area contributed by atoms with Gasteiger partial charge in [0.05, 0.1) is 0 Å². The van der Waals surface area contributed by atoms with Crippen molar-refractivity contribution < 1.29 is 50.3 Å². The quantitative estimate of drug-likeness (QED) is 0.316. The summed E-state index contributed by atoms with van der Waals surface area (Å²) in [6.45, 7) is 6.57. The third kappa shape index (κ3) is 27.7. The van der Waals surface area contributed by atoms with Crippen LogP contribution < -0.4 is 0 Å². The van der Waals surface area contributed by atoms with Gasteiger partial charge in [0, 0.05) is 0 Å². The first kappa shape index (κ1) is 29.4. The molecule has 2 unspecified atom stereocenters. The first-order chi connectivity index (χ1) is 10.8. The Bertz CT molecular complexity index is 371. The topological polar surface area (TPSA) is 222 Å². The van der Waals surface area contributed by atoms with Gasteiger partial charge in [-0.25, -0.2) is 19.4 Å². The van der Waals surface area contributed by atoms with E-state index in [0.29, 0.717) is 12.8 Å². The lowest BCUT2D eigenvalue weighted by Crippen LogP contribution is -2.23. The molecule has 0 heterocycles. The summed E-state index contributed by atoms with van der Waals surface area (Å²) in [5, 5.41) is 60.5. The van der Waals surface area contributed by atoms with Crippen molar-refractivity contribution in [2.45, 2.75) is 51.7 Å². The highest BCUT2D eigenvalue weighted by Gasteiger charge is 2.21. The number of carbonyl (C=O) groups is 2. The predicted molar refractivity (Wildman–Crippen MR) is 77.4 cm³/mol. The van der Waals surface area contributed by atoms with Gasteiger partial charge < -0.3 is 20.4 Å². The van der Waals surface area contributed by atoms with Crippen LogP contribution in [-0.4, -0.2) is 54.5 Å². The van der Waals surface area contributed by atoms with Crippen molar-refractivity contribution >= 4 is 12.3 Å². The highest BCUT2D eigenvalue weighted by Crippen LogP contribution is 2.10. The van der Waals surface area contributed by atoms with Crippen LogP contribution in [0, 0.1) is 22.7 Å². The number of nitriles is 2. The molecule has 24 heavy (non-hydrogen) atoms. The van der Waals surface area contributed by atoms with Gasteiger partial charge in [0.25, 0.3) is 0 Å². The Balaban J connectivity index is -0.000000117. The summed E-state index contributed by atoms with van der Waals surface area (Å²) in [6.07, 6.45) is -2.69. The average molecular weight is 354 g/mol. The molecule has 0 saturated heterocycles. The fourth-order valence-corrected chi connectivity index (χ4v) is 0.328. The van der Waals surface area contributed by atoms with Gasteiger partial charge in [-0.05, 0) is 26.7 Å². The predicted octanol–water partition coefficient (Wildman–Crippen LogP) is 2.78. The lowest BCUT2D eigenvalue weighted by molar-refractivity contribution is -0.300. The Morgan fingerprint density at radius 2 is 1.00 bits per heavy atom. The van der Waals surface area contributed by atoms with Crippen molar-refractivity contribution in [1.82, 2.24) is 0 Å². The van der Waals surface area contributed by atoms with E-state index in [2.05, 4.69) is 9.78 Å². The molecule has 140 valence electrons. The van der Waals surface area contributed by atoms with Crippen molar-refractivity contribution in [2.75, 3.05) is 0 Å². The maximum atomic E-state index is 8.56. The second-order valence-electron chi connectivity index (χ2n) is 4.14. The van der Waals surface area contributed by atoms with Gasteiger partial charge in [-0.1, -0.05) is 13.8 Å². The van der Waals surface area contributed by atoms with Crippen molar-refractivity contribution in [2.24, 2.45) is 0 Å². The Hall–Kier alpha value is -2.64. The van der Waals surface area contributed by atoms with Crippen molar-refractivity contribution in [3.05, 3.63) is 0 Å². The van der Waals surface area contributed by atoms with Crippen LogP contribution in [0.4, 0.5) is 9.59 Å². The second-order valence-corrected chi connectivity index (χ2v) is 4.14. The minimum Gasteiger partial charge on any atom is -0.450 e. The van der Waals surface area contributed by atoms with Crippen LogP contribution in [-0.2, 0) is 9.78 Å². The van der Waals surface area contributed by atoms with E-state index in [1.54, 1.807) is 26.0 Å². The summed E-state index contributed by atoms with van der Waals surface area (Å²) >= 11 is 0. The molecule has 12 nitrogen and oxygen atoms in total. The summed E-state index contributed by atoms with van der Waals surface area (Å²) in [6, 6.07) is 3.61. The van der Waals surface area contributed by atoms with Crippen LogP contribution in [0.2, 0.25) is 0 Å². The van der Waals surface area contributed by atoms with E-state index in [9.17, 15) is 0 Å². The third-order valence-corrected chi connectivity index (χ3v) is 2.23. The molecule has 0 aromatic carbocycles. The molecule has 6 N–H and O–H groups in total. The molecular weight excluding hydrogens is 332 g/mol. The van der Waals surface area contributed by atoms with E-state index in [-0.39, 0.29) is 0 Å². The fourth-order valence-electron chi connectivity index (χ4n) is 0.328. The zero-order valence-electron chi connectivity index (χ0n) is 13.6. The van der Waals surface area contributed by atoms with E-state index >= 15 is 0 Å². The minimum atomic E-state index is -1.83. The van der Waals surface area contributed by atoms with Crippen molar-refractivity contribution in [3.8, 4) is 12.1 Å². The molecule has 0 rings (SSSR count). The van der Waals surface area contributed by atoms with Crippen LogP contribution in [0.25, 0.3) is 0 Å². The molecule has 0 aliphatic rings. The van der Waals surface area contributed by atoms with Crippen LogP contribution >= 0.6 is 0 Å². The zero-order valence-corrected chi connectivity index (χ0v) is 13.6. The lowest BCUT2D eigenvalue weighted by atomic mass is 10.1. The molecule has 2 atom stereocenters. The molecule has 0 aliphatic heterocycles. The molecule has 0 spiro atoms. The third-order valence-electron chi connectivity index (χ3n) is 2.23. The first-order valence-electron chi connectivity index (χ1n) is 6.14. The number of hydrogen-bond donors (Lipinski definition) is 6. The van der Waals surface area contributed by atoms with E-state index in [1.165, 1.54) is 13.8 Å². The monoisotopic (exact) mass is 354 g/mol. The van der Waals surface area contributed by atoms with Gasteiger partial charge in [-0.15, -0.1) is 0 Å². The maximum absolute atomic E-state index is 8.56. The molecule has 0 aromatic heterocycles. The minimum absolute atomic E-state index is 0.486. The summed E-state index contributed by atoms with van der Waals surface area (Å²) in [4.78, 5) is 24.9. The van der Waals surface area contributed by atoms with Crippen LogP contribution in [0.5, 0.6) is 0 Å². The Labute approximate surface area is 138 Å². The number of carboxylic acid groups (broad SMARTS) is 4. The number of nitrogens with zero attached hydrogens (tertiary/aromatic N) is 2. The summed E-state index contributed by atoms with van der Waals surface area (Å²) in [7, 11) is 0. The molecule has 0 aromatic rings. The van der Waals surface area contributed by atoms with E-state index < -0.39 is 23.5 Å². The zero-order chi connectivity index (χ0) is 20.4. The van der Waals surface area contributed by atoms with Crippen LogP contribution in [0.1, 0.15) is 40.5 Å². The largest absolute Gasteiger partial charge is 0.503 e. The number of rotatable bonds is 4. The normalized spacial score (nSPS) is 13.2. The highest BCUT2D eigenvalue weighted by molar-refractivity contribution is 5.53. The van der Waals surface area contributed by atoms with Crippen molar-refractivity contribution in [3.63, 3.8) is 0 Å². The first-order valence-corrected chi connectivity index (χ1v) is 6.14. The average Bonchev–Trinajstić information content (AvgIpc) is 2.53. The van der Waals surface area contributed by atoms with Gasteiger partial charge in [0.15, 0.2) is 11.2 Å². The van der Waals surface area contributed by atoms with Gasteiger partial charge in [-0.3, -0.25) is 10.5 Å². The molecular formula is C12H22N2O10. The molecule has 0 bridgehead atoms. The van der Waals surface area contributed by atoms with Crippen LogP contribution in [0.15, 0.2) is 0 Å². The summed E-state index contributed by atoms with van der Waals surface area (Å²) < 4.78 is 0. The molecule has 0 amide bonds. The molecule has 12 heteroatoms. The van der Waals surface area contributed by atoms with E-state index in [0.717, 1.165) is 0 Å². The Kier molecular flexibility index (Phi) is 20.5. The van der Waals surface area contributed by atoms with Gasteiger partial charge in [0.1, 0.15) is 12.1 Å². The smallest absolute Gasteiger partial charge is 0.450 e. The SMILES string of the molecule is CCC(C)(C#N)OO.CCC(C)(C#N)OO.O=C(O)O.O=C(O)O. The van der Waals surface area contributed by atoms with Crippen LogP contribution in [0.3, 0.4) is 0 Å². The lowest BCUT2D eigenvalue weighted by Gasteiger charge is -2.12. The highest BCUT2D eigenvalue weighted by atomic mass is 17.1. The van der Waals surface area contributed by atoms with Gasteiger partial charge >= 0.3 is 12.3 Å².